The van der Waals surface area contributed by atoms with Gasteiger partial charge in [-0.3, -0.25) is 9.69 Å². The van der Waals surface area contributed by atoms with Crippen LogP contribution in [0, 0.1) is 11.3 Å². The Hall–Kier alpha value is -1.96. The molecule has 28 heavy (non-hydrogen) atoms. The molecule has 1 unspecified atom stereocenters. The van der Waals surface area contributed by atoms with Crippen LogP contribution in [0.4, 0.5) is 0 Å². The van der Waals surface area contributed by atoms with Crippen LogP contribution >= 0.6 is 0 Å². The highest BCUT2D eigenvalue weighted by Crippen LogP contribution is 2.57. The molecule has 1 aromatic carbocycles. The van der Waals surface area contributed by atoms with Gasteiger partial charge in [-0.15, -0.1) is 0 Å². The number of ether oxygens (including phenoxy) is 3. The number of nitrogens with zero attached hydrogens (tertiary/aromatic N) is 1. The highest BCUT2D eigenvalue weighted by Gasteiger charge is 2.78. The second kappa shape index (κ2) is 6.27. The molecule has 152 valence electrons. The molecule has 7 heteroatoms. The molecule has 0 aliphatic carbocycles. The summed E-state index contributed by atoms with van der Waals surface area (Å²) in [5, 5.41) is 10.2. The van der Waals surface area contributed by atoms with Gasteiger partial charge in [0.25, 0.3) is 0 Å². The van der Waals surface area contributed by atoms with Crippen molar-refractivity contribution in [3.05, 3.63) is 35.9 Å². The number of aliphatic carboxylic acids is 1. The number of hydrogen-bond acceptors (Lipinski definition) is 5. The molecule has 3 heterocycles. The number of fused-ring (bicyclic) bond motifs is 3. The zero-order valence-corrected chi connectivity index (χ0v) is 16.7. The molecule has 3 fully saturated rings. The Kier molecular flexibility index (Phi) is 4.34. The van der Waals surface area contributed by atoms with E-state index in [2.05, 4.69) is 0 Å². The lowest BCUT2D eigenvalue weighted by Crippen LogP contribution is -2.64. The van der Waals surface area contributed by atoms with Crippen molar-refractivity contribution in [1.29, 1.82) is 0 Å². The molecule has 0 bridgehead atoms. The van der Waals surface area contributed by atoms with Gasteiger partial charge in [-0.2, -0.15) is 0 Å². The maximum absolute atomic E-state index is 13.3. The van der Waals surface area contributed by atoms with Gasteiger partial charge < -0.3 is 19.3 Å². The second-order valence-electron chi connectivity index (χ2n) is 9.14. The zero-order chi connectivity index (χ0) is 20.3. The van der Waals surface area contributed by atoms with E-state index in [4.69, 9.17) is 14.2 Å². The average molecular weight is 389 g/mol. The second-order valence-corrected chi connectivity index (χ2v) is 9.14. The third kappa shape index (κ3) is 2.53. The third-order valence-corrected chi connectivity index (χ3v) is 6.30. The van der Waals surface area contributed by atoms with Crippen LogP contribution in [-0.2, 0) is 30.4 Å². The third-order valence-electron chi connectivity index (χ3n) is 6.30. The topological polar surface area (TPSA) is 85.3 Å². The Morgan fingerprint density at radius 2 is 2.00 bits per heavy atom. The van der Waals surface area contributed by atoms with Crippen molar-refractivity contribution in [2.45, 2.75) is 64.4 Å². The Morgan fingerprint density at radius 3 is 2.61 bits per heavy atom. The molecule has 0 saturated carbocycles. The van der Waals surface area contributed by atoms with E-state index in [1.165, 1.54) is 4.90 Å². The minimum absolute atomic E-state index is 0.0889. The standard InChI is InChI=1S/C21H27NO6/c1-19(2,3)17-22-16(23)14-10-15(26-11-13-8-6-5-7-9-13)28-20(14,4)21(22,12-27-17)18(24)25/h5-9,14-15,17H,10-12H2,1-4H3,(H,24,25)/t14-,15?,17-,20-,21+/m0/s1. The van der Waals surface area contributed by atoms with Crippen molar-refractivity contribution in [1.82, 2.24) is 4.90 Å². The number of carboxylic acids is 1. The van der Waals surface area contributed by atoms with Gasteiger partial charge in [-0.05, 0) is 12.5 Å². The van der Waals surface area contributed by atoms with Crippen LogP contribution in [0.25, 0.3) is 0 Å². The summed E-state index contributed by atoms with van der Waals surface area (Å²) in [6.45, 7) is 7.77. The van der Waals surface area contributed by atoms with Crippen LogP contribution in [0.1, 0.15) is 39.7 Å². The van der Waals surface area contributed by atoms with Gasteiger partial charge in [0.05, 0.1) is 19.1 Å². The summed E-state index contributed by atoms with van der Waals surface area (Å²) in [6.07, 6.45) is -0.901. The fourth-order valence-corrected chi connectivity index (χ4v) is 4.82. The highest BCUT2D eigenvalue weighted by atomic mass is 16.7. The Bertz CT molecular complexity index is 790. The number of benzene rings is 1. The molecule has 3 aliphatic heterocycles. The molecular formula is C21H27NO6. The van der Waals surface area contributed by atoms with Crippen molar-refractivity contribution < 1.29 is 28.9 Å². The predicted octanol–water partition coefficient (Wildman–Crippen LogP) is 2.39. The smallest absolute Gasteiger partial charge is 0.335 e. The molecule has 1 aromatic rings. The number of carbonyl (C=O) groups is 2. The van der Waals surface area contributed by atoms with Crippen LogP contribution in [0.3, 0.4) is 0 Å². The largest absolute Gasteiger partial charge is 0.479 e. The maximum atomic E-state index is 13.3. The van der Waals surface area contributed by atoms with E-state index in [0.717, 1.165) is 5.56 Å². The molecule has 4 rings (SSSR count). The first-order chi connectivity index (χ1) is 13.1. The number of hydrogen-bond donors (Lipinski definition) is 1. The van der Waals surface area contributed by atoms with Gasteiger partial charge in [0, 0.05) is 11.8 Å². The Balaban J connectivity index is 1.61. The van der Waals surface area contributed by atoms with Gasteiger partial charge in [-0.25, -0.2) is 4.79 Å². The number of rotatable bonds is 4. The van der Waals surface area contributed by atoms with Crippen LogP contribution in [0.2, 0.25) is 0 Å². The van der Waals surface area contributed by atoms with Crippen molar-refractivity contribution in [3.8, 4) is 0 Å². The minimum atomic E-state index is -1.54. The van der Waals surface area contributed by atoms with E-state index in [0.29, 0.717) is 13.0 Å². The summed E-state index contributed by atoms with van der Waals surface area (Å²) in [5.74, 6) is -1.90. The van der Waals surface area contributed by atoms with E-state index >= 15 is 0 Å². The van der Waals surface area contributed by atoms with Crippen molar-refractivity contribution in [2.75, 3.05) is 6.61 Å². The first kappa shape index (κ1) is 19.4. The molecule has 7 nitrogen and oxygen atoms in total. The fraction of sp³-hybridized carbons (Fsp3) is 0.619. The van der Waals surface area contributed by atoms with E-state index in [9.17, 15) is 14.7 Å². The number of carboxylic acid groups (broad SMARTS) is 1. The summed E-state index contributed by atoms with van der Waals surface area (Å²) >= 11 is 0. The van der Waals surface area contributed by atoms with E-state index in [1.807, 2.05) is 51.1 Å². The predicted molar refractivity (Wildman–Crippen MR) is 99.0 cm³/mol. The van der Waals surface area contributed by atoms with Crippen LogP contribution in [-0.4, -0.2) is 52.1 Å². The molecule has 0 spiro atoms. The number of amides is 1. The van der Waals surface area contributed by atoms with Gasteiger partial charge in [0.1, 0.15) is 11.8 Å². The Morgan fingerprint density at radius 1 is 1.32 bits per heavy atom. The molecular weight excluding hydrogens is 362 g/mol. The van der Waals surface area contributed by atoms with Gasteiger partial charge >= 0.3 is 5.97 Å². The zero-order valence-electron chi connectivity index (χ0n) is 16.7. The van der Waals surface area contributed by atoms with Crippen LogP contribution in [0.15, 0.2) is 30.3 Å². The van der Waals surface area contributed by atoms with Gasteiger partial charge in [-0.1, -0.05) is 51.1 Å². The quantitative estimate of drug-likeness (QED) is 0.851. The minimum Gasteiger partial charge on any atom is -0.479 e. The van der Waals surface area contributed by atoms with Crippen molar-refractivity contribution in [2.24, 2.45) is 11.3 Å². The molecule has 1 amide bonds. The summed E-state index contributed by atoms with van der Waals surface area (Å²) in [7, 11) is 0. The number of carbonyl (C=O) groups excluding carboxylic acids is 1. The summed E-state index contributed by atoms with van der Waals surface area (Å²) in [6, 6.07) is 9.67. The van der Waals surface area contributed by atoms with E-state index in [1.54, 1.807) is 6.92 Å². The summed E-state index contributed by atoms with van der Waals surface area (Å²) in [4.78, 5) is 27.2. The fourth-order valence-electron chi connectivity index (χ4n) is 4.82. The molecule has 5 atom stereocenters. The molecule has 0 aromatic heterocycles. The van der Waals surface area contributed by atoms with Crippen LogP contribution < -0.4 is 0 Å². The highest BCUT2D eigenvalue weighted by molar-refractivity contribution is 5.96. The first-order valence-electron chi connectivity index (χ1n) is 9.63. The molecule has 3 aliphatic rings. The molecule has 3 saturated heterocycles. The summed E-state index contributed by atoms with van der Waals surface area (Å²) < 4.78 is 17.9. The maximum Gasteiger partial charge on any atom is 0.335 e. The van der Waals surface area contributed by atoms with Gasteiger partial charge in [0.2, 0.25) is 5.91 Å². The summed E-state index contributed by atoms with van der Waals surface area (Å²) in [5.41, 5.74) is -2.17. The lowest BCUT2D eigenvalue weighted by atomic mass is 9.77. The Labute approximate surface area is 164 Å². The lowest BCUT2D eigenvalue weighted by molar-refractivity contribution is -0.205. The molecule has 1 N–H and O–H groups in total. The van der Waals surface area contributed by atoms with Crippen LogP contribution in [0.5, 0.6) is 0 Å². The normalized spacial score (nSPS) is 37.2. The van der Waals surface area contributed by atoms with Crippen molar-refractivity contribution >= 4 is 11.9 Å². The van der Waals surface area contributed by atoms with E-state index in [-0.39, 0.29) is 12.5 Å². The van der Waals surface area contributed by atoms with E-state index < -0.39 is 41.0 Å². The SMILES string of the molecule is CC(C)(C)[C@@H]1OC[C@]2(C(=O)O)N1C(=O)[C@@H]1CC(OCc3ccccc3)O[C@@]12C. The monoisotopic (exact) mass is 389 g/mol. The average Bonchev–Trinajstić information content (AvgIpc) is 3.24. The lowest BCUT2D eigenvalue weighted by Gasteiger charge is -2.40. The van der Waals surface area contributed by atoms with Crippen molar-refractivity contribution in [3.63, 3.8) is 0 Å². The first-order valence-corrected chi connectivity index (χ1v) is 9.63. The molecule has 0 radical (unpaired) electrons. The van der Waals surface area contributed by atoms with Gasteiger partial charge in [0.15, 0.2) is 11.8 Å².